The number of carbonyl (C=O) groups is 1. The number of nitrogens with two attached hydrogens (primary N) is 1. The summed E-state index contributed by atoms with van der Waals surface area (Å²) in [6, 6.07) is 8.08. The quantitative estimate of drug-likeness (QED) is 0.0603. The molecule has 0 radical (unpaired) electrons. The normalized spacial score (nSPS) is 13.5. The van der Waals surface area contributed by atoms with Crippen LogP contribution >= 0.6 is 11.6 Å². The van der Waals surface area contributed by atoms with Crippen LogP contribution in [0.4, 0.5) is 5.95 Å². The zero-order valence-electron chi connectivity index (χ0n) is 26.9. The molecule has 0 unspecified atom stereocenters. The van der Waals surface area contributed by atoms with Crippen LogP contribution in [0.1, 0.15) is 76.5 Å². The summed E-state index contributed by atoms with van der Waals surface area (Å²) in [7, 11) is 1.58. The number of carbonyl (C=O) groups excluding carboxylic acids is 1. The molecule has 1 atom stereocenters. The molecule has 0 spiro atoms. The van der Waals surface area contributed by atoms with E-state index in [1.807, 2.05) is 44.4 Å². The fourth-order valence-electron chi connectivity index (χ4n) is 4.66. The number of ether oxygens (including phenoxy) is 2. The molecule has 10 heteroatoms. The smallest absolute Gasteiger partial charge is 0.323 e. The molecule has 0 saturated heterocycles. The van der Waals surface area contributed by atoms with Gasteiger partial charge in [-0.15, -0.1) is 0 Å². The van der Waals surface area contributed by atoms with Crippen LogP contribution in [0, 0.1) is 5.41 Å². The Labute approximate surface area is 267 Å². The first-order valence-corrected chi connectivity index (χ1v) is 15.8. The minimum atomic E-state index is -0.337. The van der Waals surface area contributed by atoms with Crippen LogP contribution in [0.3, 0.4) is 0 Å². The molecule has 4 rings (SSSR count). The van der Waals surface area contributed by atoms with Gasteiger partial charge in [0.25, 0.3) is 0 Å². The number of nitrogen functional groups attached to an aromatic ring is 1. The fourth-order valence-corrected chi connectivity index (χ4v) is 4.95. The highest BCUT2D eigenvalue weighted by atomic mass is 35.5. The number of hydrogen-bond donors (Lipinski definition) is 3. The van der Waals surface area contributed by atoms with Crippen molar-refractivity contribution in [2.24, 2.45) is 0 Å². The first-order chi connectivity index (χ1) is 21.2. The van der Waals surface area contributed by atoms with Crippen molar-refractivity contribution in [3.8, 4) is 0 Å². The molecule has 0 aliphatic heterocycles. The van der Waals surface area contributed by atoms with Crippen molar-refractivity contribution in [1.29, 1.82) is 5.41 Å². The second-order valence-corrected chi connectivity index (χ2v) is 10.7. The second-order valence-electron chi connectivity index (χ2n) is 10.3. The third-order valence-corrected chi connectivity index (χ3v) is 7.37. The number of hydrogen-bond acceptors (Lipinski definition) is 8. The number of rotatable bonds is 13. The largest absolute Gasteiger partial charge is 0.497 e. The minimum Gasteiger partial charge on any atom is -0.497 e. The summed E-state index contributed by atoms with van der Waals surface area (Å²) >= 11 is 6.48. The van der Waals surface area contributed by atoms with Gasteiger partial charge in [-0.2, -0.15) is 4.98 Å². The lowest BCUT2D eigenvalue weighted by Gasteiger charge is -2.17. The van der Waals surface area contributed by atoms with Gasteiger partial charge in [-0.1, -0.05) is 69.3 Å². The Bertz CT molecular complexity index is 1360. The lowest BCUT2D eigenvalue weighted by molar-refractivity contribution is -0.150. The molecular weight excluding hydrogens is 576 g/mol. The molecule has 1 aromatic carbocycles. The summed E-state index contributed by atoms with van der Waals surface area (Å²) in [4.78, 5) is 20.9. The third kappa shape index (κ3) is 11.4. The van der Waals surface area contributed by atoms with Gasteiger partial charge >= 0.3 is 5.97 Å². The maximum Gasteiger partial charge on any atom is 0.323 e. The minimum absolute atomic E-state index is 0.0889. The number of benzene rings is 1. The Hall–Kier alpha value is -3.69. The number of methoxy groups -OCH3 is 1. The Morgan fingerprint density at radius 1 is 1.20 bits per heavy atom. The molecule has 9 nitrogen and oxygen atoms in total. The zero-order chi connectivity index (χ0) is 32.5. The van der Waals surface area contributed by atoms with Crippen molar-refractivity contribution < 1.29 is 14.3 Å². The summed E-state index contributed by atoms with van der Waals surface area (Å²) in [5, 5.41) is 10.8. The van der Waals surface area contributed by atoms with Crippen molar-refractivity contribution in [3.63, 3.8) is 0 Å². The molecular formula is C34H49ClN6O3. The maximum atomic E-state index is 12.3. The van der Waals surface area contributed by atoms with E-state index < -0.39 is 0 Å². The van der Waals surface area contributed by atoms with Crippen molar-refractivity contribution in [3.05, 3.63) is 76.8 Å². The van der Waals surface area contributed by atoms with E-state index in [4.69, 9.17) is 32.2 Å². The first kappa shape index (κ1) is 36.5. The van der Waals surface area contributed by atoms with Crippen LogP contribution in [0.2, 0.25) is 5.15 Å². The predicted molar refractivity (Wildman–Crippen MR) is 181 cm³/mol. The van der Waals surface area contributed by atoms with E-state index in [1.165, 1.54) is 11.8 Å². The number of aryl methyl sites for hydroxylation is 2. The predicted octanol–water partition coefficient (Wildman–Crippen LogP) is 7.20. The number of allylic oxidation sites excluding steroid dienone is 2. The van der Waals surface area contributed by atoms with Crippen molar-refractivity contribution in [2.75, 3.05) is 12.8 Å². The van der Waals surface area contributed by atoms with Gasteiger partial charge in [-0.3, -0.25) is 4.79 Å². The van der Waals surface area contributed by atoms with Crippen LogP contribution in [0.5, 0.6) is 0 Å². The summed E-state index contributed by atoms with van der Waals surface area (Å²) in [6.45, 7) is 12.8. The van der Waals surface area contributed by atoms with E-state index in [-0.39, 0.29) is 24.1 Å². The third-order valence-electron chi connectivity index (χ3n) is 7.10. The van der Waals surface area contributed by atoms with Crippen LogP contribution in [-0.2, 0) is 40.2 Å². The van der Waals surface area contributed by atoms with E-state index in [9.17, 15) is 4.79 Å². The summed E-state index contributed by atoms with van der Waals surface area (Å²) in [5.41, 5.74) is 9.95. The number of nitrogens with one attached hydrogen (secondary N) is 2. The van der Waals surface area contributed by atoms with Crippen LogP contribution in [0.25, 0.3) is 11.0 Å². The fraction of sp³-hybridized carbons (Fsp3) is 0.471. The van der Waals surface area contributed by atoms with Crippen LogP contribution in [-0.4, -0.2) is 46.0 Å². The number of esters is 1. The molecule has 1 fully saturated rings. The number of halogens is 1. The topological polar surface area (TPSA) is 128 Å². The highest BCUT2D eigenvalue weighted by molar-refractivity contribution is 6.34. The summed E-state index contributed by atoms with van der Waals surface area (Å²) < 4.78 is 12.7. The van der Waals surface area contributed by atoms with Crippen molar-refractivity contribution >= 4 is 40.8 Å². The van der Waals surface area contributed by atoms with E-state index in [0.717, 1.165) is 61.5 Å². The van der Waals surface area contributed by atoms with Gasteiger partial charge in [0.15, 0.2) is 0 Å². The van der Waals surface area contributed by atoms with Gasteiger partial charge in [0.05, 0.1) is 12.5 Å². The molecule has 2 aromatic heterocycles. The molecule has 3 aromatic rings. The van der Waals surface area contributed by atoms with Crippen molar-refractivity contribution in [1.82, 2.24) is 19.9 Å². The molecule has 0 amide bonds. The van der Waals surface area contributed by atoms with Gasteiger partial charge in [0, 0.05) is 19.3 Å². The lowest BCUT2D eigenvalue weighted by Crippen LogP contribution is -2.36. The highest BCUT2D eigenvalue weighted by Crippen LogP contribution is 2.28. The molecule has 1 saturated carbocycles. The Balaban J connectivity index is 0.00000104. The van der Waals surface area contributed by atoms with Crippen molar-refractivity contribution in [2.45, 2.75) is 97.9 Å². The van der Waals surface area contributed by atoms with Gasteiger partial charge in [0.1, 0.15) is 28.7 Å². The van der Waals surface area contributed by atoms with Crippen LogP contribution in [0.15, 0.2) is 55.0 Å². The molecule has 240 valence electrons. The van der Waals surface area contributed by atoms with Gasteiger partial charge in [-0.25, -0.2) is 4.98 Å². The molecule has 4 N–H and O–H groups in total. The van der Waals surface area contributed by atoms with E-state index in [0.29, 0.717) is 29.6 Å². The van der Waals surface area contributed by atoms with Crippen LogP contribution < -0.4 is 11.1 Å². The zero-order valence-corrected chi connectivity index (χ0v) is 27.6. The molecule has 1 aliphatic carbocycles. The average Bonchev–Trinajstić information content (AvgIpc) is 3.68. The number of anilines is 1. The van der Waals surface area contributed by atoms with Gasteiger partial charge in [0.2, 0.25) is 5.95 Å². The lowest BCUT2D eigenvalue weighted by atomic mass is 10.0. The monoisotopic (exact) mass is 624 g/mol. The SMILES string of the molecule is C=C(/C=C/Cn1cc(CCc2ccc(CN[C@@H](C)C(=O)OC3CCCC3)cc2)c2c(Cl)nc(N)nc21)OC.CC.CCC=N. The maximum absolute atomic E-state index is 12.3. The highest BCUT2D eigenvalue weighted by Gasteiger charge is 2.22. The Morgan fingerprint density at radius 2 is 1.84 bits per heavy atom. The Morgan fingerprint density at radius 3 is 2.45 bits per heavy atom. The number of fused-ring (bicyclic) bond motifs is 1. The van der Waals surface area contributed by atoms with Gasteiger partial charge < -0.3 is 30.5 Å². The van der Waals surface area contributed by atoms with E-state index in [1.54, 1.807) is 7.11 Å². The molecule has 1 aliphatic rings. The van der Waals surface area contributed by atoms with Gasteiger partial charge in [-0.05, 0) is 80.9 Å². The Kier molecular flexibility index (Phi) is 16.2. The molecule has 0 bridgehead atoms. The number of aromatic nitrogens is 3. The number of nitrogens with zero attached hydrogens (tertiary/aromatic N) is 3. The molecule has 2 heterocycles. The standard InChI is InChI=1S/C29H36ClN5O3.C3H7N.C2H6/c1-19(37-3)7-6-16-35-18-23(25-26(30)33-29(31)34-27(25)35)15-14-21-10-12-22(13-11-21)17-32-20(2)28(36)38-24-8-4-5-9-24;1-2-3-4;1-2/h6-7,10-13,18,20,24,32H,1,4-5,8-9,14-17H2,2-3H3,(H2,31,33,34);3-4H,2H2,1H3;1-2H3/b7-6+;;/t20-;;/m0../s1. The summed E-state index contributed by atoms with van der Waals surface area (Å²) in [5.74, 6) is 0.547. The van der Waals surface area contributed by atoms with E-state index >= 15 is 0 Å². The van der Waals surface area contributed by atoms with E-state index in [2.05, 4.69) is 52.3 Å². The molecule has 44 heavy (non-hydrogen) atoms. The summed E-state index contributed by atoms with van der Waals surface area (Å²) in [6.07, 6.45) is 14.0. The first-order valence-electron chi connectivity index (χ1n) is 15.5. The average molecular weight is 625 g/mol. The second kappa shape index (κ2) is 19.6.